The van der Waals surface area contributed by atoms with Crippen LogP contribution in [0.2, 0.25) is 5.02 Å². The van der Waals surface area contributed by atoms with Crippen LogP contribution in [0, 0.1) is 11.8 Å². The third-order valence-corrected chi connectivity index (χ3v) is 14.7. The van der Waals surface area contributed by atoms with Gasteiger partial charge in [-0.05, 0) is 107 Å². The molecule has 17 heteroatoms. The summed E-state index contributed by atoms with van der Waals surface area (Å²) in [6, 6.07) is 18.5. The van der Waals surface area contributed by atoms with Crippen molar-refractivity contribution in [2.75, 3.05) is 90.1 Å². The molecule has 65 heavy (non-hydrogen) atoms. The van der Waals surface area contributed by atoms with Crippen LogP contribution in [0.4, 0.5) is 23.1 Å². The molecule has 0 aliphatic carbocycles. The van der Waals surface area contributed by atoms with Gasteiger partial charge in [0.25, 0.3) is 5.91 Å². The molecule has 0 radical (unpaired) electrons. The molecule has 15 nitrogen and oxygen atoms in total. The number of imide groups is 1. The number of anilines is 4. The third kappa shape index (κ3) is 10.4. The first-order chi connectivity index (χ1) is 31.4. The summed E-state index contributed by atoms with van der Waals surface area (Å²) in [5.41, 5.74) is 4.51. The van der Waals surface area contributed by atoms with E-state index in [1.54, 1.807) is 37.6 Å². The molecule has 5 heterocycles. The predicted molar refractivity (Wildman–Crippen MR) is 253 cm³/mol. The molecule has 3 aromatic carbocycles. The fourth-order valence-corrected chi connectivity index (χ4v) is 10.8. The van der Waals surface area contributed by atoms with Crippen molar-refractivity contribution in [1.82, 2.24) is 35.3 Å². The summed E-state index contributed by atoms with van der Waals surface area (Å²) in [5.74, 6) is 6.81. The van der Waals surface area contributed by atoms with E-state index in [4.69, 9.17) is 26.1 Å². The van der Waals surface area contributed by atoms with Gasteiger partial charge in [-0.3, -0.25) is 24.6 Å². The minimum Gasteiger partial charge on any atom is -0.495 e. The first-order valence-corrected chi connectivity index (χ1v) is 25.3. The molecule has 4 aliphatic heterocycles. The average molecular weight is 922 g/mol. The summed E-state index contributed by atoms with van der Waals surface area (Å²) in [6.07, 6.45) is 5.90. The zero-order chi connectivity index (χ0) is 45.6. The van der Waals surface area contributed by atoms with Gasteiger partial charge in [0.15, 0.2) is 5.82 Å². The Balaban J connectivity index is 0.852. The second kappa shape index (κ2) is 20.5. The van der Waals surface area contributed by atoms with Crippen LogP contribution in [0.15, 0.2) is 66.9 Å². The van der Waals surface area contributed by atoms with Crippen LogP contribution in [0.3, 0.4) is 0 Å². The van der Waals surface area contributed by atoms with Crippen molar-refractivity contribution in [3.05, 3.63) is 94.1 Å². The number of piperazine rings is 1. The van der Waals surface area contributed by atoms with Crippen molar-refractivity contribution in [2.45, 2.75) is 56.7 Å². The maximum atomic E-state index is 13.2. The van der Waals surface area contributed by atoms with Gasteiger partial charge < -0.3 is 39.8 Å². The average Bonchev–Trinajstić information content (AvgIpc) is 3.64. The van der Waals surface area contributed by atoms with Gasteiger partial charge in [0, 0.05) is 62.2 Å². The monoisotopic (exact) mass is 921 g/mol. The van der Waals surface area contributed by atoms with Crippen molar-refractivity contribution in [2.24, 2.45) is 0 Å². The van der Waals surface area contributed by atoms with E-state index in [1.165, 1.54) is 0 Å². The number of hydrogen-bond acceptors (Lipinski definition) is 13. The number of piperidine rings is 2. The molecule has 4 aliphatic rings. The molecule has 1 unspecified atom stereocenters. The Morgan fingerprint density at radius 1 is 0.969 bits per heavy atom. The number of carbonyl (C=O) groups is 3. The lowest BCUT2D eigenvalue weighted by Crippen LogP contribution is -2.58. The number of amides is 3. The van der Waals surface area contributed by atoms with E-state index in [0.29, 0.717) is 58.7 Å². The fourth-order valence-electron chi connectivity index (χ4n) is 9.51. The van der Waals surface area contributed by atoms with Crippen LogP contribution < -0.4 is 31.3 Å². The number of nitrogens with zero attached hydrogens (tertiary/aromatic N) is 5. The molecule has 4 aromatic rings. The van der Waals surface area contributed by atoms with Gasteiger partial charge >= 0.3 is 0 Å². The molecule has 3 fully saturated rings. The Bertz CT molecular complexity index is 2530. The van der Waals surface area contributed by atoms with E-state index in [2.05, 4.69) is 60.0 Å². The number of hydrogen-bond donors (Lipinski definition) is 4. The van der Waals surface area contributed by atoms with Gasteiger partial charge in [0.05, 0.1) is 30.2 Å². The lowest BCUT2D eigenvalue weighted by atomic mass is 9.78. The highest BCUT2D eigenvalue weighted by molar-refractivity contribution is 7.70. The van der Waals surface area contributed by atoms with Gasteiger partial charge in [-0.1, -0.05) is 53.8 Å². The number of para-hydroxylation sites is 2. The molecular formula is C48H57ClN9O6P. The molecule has 3 amide bonds. The number of benzene rings is 3. The summed E-state index contributed by atoms with van der Waals surface area (Å²) in [4.78, 5) is 53.4. The molecule has 0 saturated carbocycles. The minimum absolute atomic E-state index is 0.208. The van der Waals surface area contributed by atoms with Crippen LogP contribution in [-0.2, 0) is 31.0 Å². The maximum Gasteiger partial charge on any atom is 0.255 e. The number of aromatic nitrogens is 2. The van der Waals surface area contributed by atoms with Crippen molar-refractivity contribution in [1.29, 1.82) is 0 Å². The number of methoxy groups -OCH3 is 1. The number of rotatable bonds is 15. The summed E-state index contributed by atoms with van der Waals surface area (Å²) in [7, 11) is -0.908. The van der Waals surface area contributed by atoms with Crippen LogP contribution >= 0.6 is 18.7 Å². The van der Waals surface area contributed by atoms with E-state index in [-0.39, 0.29) is 30.4 Å². The smallest absolute Gasteiger partial charge is 0.255 e. The van der Waals surface area contributed by atoms with E-state index < -0.39 is 19.1 Å². The van der Waals surface area contributed by atoms with Gasteiger partial charge in [0.1, 0.15) is 30.6 Å². The molecule has 8 rings (SSSR count). The quantitative estimate of drug-likeness (QED) is 0.0498. The van der Waals surface area contributed by atoms with Crippen LogP contribution in [0.5, 0.6) is 5.75 Å². The molecule has 1 aromatic heterocycles. The van der Waals surface area contributed by atoms with Gasteiger partial charge in [-0.2, -0.15) is 4.98 Å². The normalized spacial score (nSPS) is 19.0. The van der Waals surface area contributed by atoms with Gasteiger partial charge in [-0.15, -0.1) is 0 Å². The molecule has 0 spiro atoms. The summed E-state index contributed by atoms with van der Waals surface area (Å²) in [6.45, 7) is 11.2. The topological polar surface area (TPSA) is 170 Å². The van der Waals surface area contributed by atoms with E-state index in [0.717, 1.165) is 93.9 Å². The van der Waals surface area contributed by atoms with Gasteiger partial charge in [0.2, 0.25) is 17.8 Å². The molecule has 3 saturated heterocycles. The highest BCUT2D eigenvalue weighted by atomic mass is 35.5. The SMILES string of the molecule is COc1cccc(C2(N3CCN(CCCCOCC#Cc4cccc5c4CN(C4CCC(=O)NC4=O)C5=O)CC3)CCNCC2)c1Nc1ncc(Cl)c(Nc2ccccc2P(C)(C)=O)n1. The van der Waals surface area contributed by atoms with Gasteiger partial charge in [-0.25, -0.2) is 4.98 Å². The van der Waals surface area contributed by atoms with Crippen molar-refractivity contribution in [3.8, 4) is 17.6 Å². The summed E-state index contributed by atoms with van der Waals surface area (Å²) >= 11 is 6.63. The molecule has 0 bridgehead atoms. The van der Waals surface area contributed by atoms with E-state index >= 15 is 0 Å². The Kier molecular flexibility index (Phi) is 14.5. The Morgan fingerprint density at radius 3 is 2.52 bits per heavy atom. The predicted octanol–water partition coefficient (Wildman–Crippen LogP) is 5.68. The second-order valence-electron chi connectivity index (χ2n) is 17.3. The van der Waals surface area contributed by atoms with Crippen molar-refractivity contribution >= 4 is 64.9 Å². The van der Waals surface area contributed by atoms with Crippen molar-refractivity contribution < 1.29 is 28.4 Å². The first kappa shape index (κ1) is 46.2. The number of unbranched alkanes of at least 4 members (excludes halogenated alkanes) is 1. The van der Waals surface area contributed by atoms with Crippen LogP contribution in [0.1, 0.15) is 65.6 Å². The summed E-state index contributed by atoms with van der Waals surface area (Å²) < 4.78 is 25.0. The number of halogens is 1. The molecule has 342 valence electrons. The standard InChI is InChI=1S/C48H57ClN9O6P/c1-63-40-16-9-14-36(43(40)54-47-51-31-37(49)44(55-47)52-38-15-4-5-17-41(38)65(2,3)62)48(20-22-50-23-21-48)57-27-25-56(26-28-57)24-6-7-29-64-30-10-12-33-11-8-13-34-35(33)32-58(46(34)61)39-18-19-42(59)53-45(39)60/h4-5,8-9,11,13-17,31,39,50H,6-7,18-30,32H2,1-3H3,(H,53,59,60)(H2,51,52,54,55). The first-order valence-electron chi connectivity index (χ1n) is 22.3. The highest BCUT2D eigenvalue weighted by Crippen LogP contribution is 2.46. The highest BCUT2D eigenvalue weighted by Gasteiger charge is 2.43. The van der Waals surface area contributed by atoms with Crippen molar-refractivity contribution in [3.63, 3.8) is 0 Å². The number of nitrogens with one attached hydrogen (secondary N) is 4. The molecule has 1 atom stereocenters. The zero-order valence-electron chi connectivity index (χ0n) is 37.3. The Labute approximate surface area is 385 Å². The molecular weight excluding hydrogens is 865 g/mol. The number of carbonyl (C=O) groups excluding carboxylic acids is 3. The largest absolute Gasteiger partial charge is 0.495 e. The van der Waals surface area contributed by atoms with Crippen LogP contribution in [0.25, 0.3) is 0 Å². The summed E-state index contributed by atoms with van der Waals surface area (Å²) in [5, 5.41) is 13.8. The second-order valence-corrected chi connectivity index (χ2v) is 20.9. The lowest BCUT2D eigenvalue weighted by molar-refractivity contribution is -0.136. The fraction of sp³-hybridized carbons (Fsp3) is 0.438. The van der Waals surface area contributed by atoms with Crippen LogP contribution in [-0.4, -0.2) is 128 Å². The Hall–Kier alpha value is -5.33. The third-order valence-electron chi connectivity index (χ3n) is 12.9. The zero-order valence-corrected chi connectivity index (χ0v) is 38.9. The lowest BCUT2D eigenvalue weighted by Gasteiger charge is -2.51. The Morgan fingerprint density at radius 2 is 1.75 bits per heavy atom. The number of fused-ring (bicyclic) bond motifs is 1. The minimum atomic E-state index is -2.59. The van der Waals surface area contributed by atoms with E-state index in [1.807, 2.05) is 42.5 Å². The number of ether oxygens (including phenoxy) is 2. The molecule has 4 N–H and O–H groups in total. The van der Waals surface area contributed by atoms with E-state index in [9.17, 15) is 18.9 Å². The maximum absolute atomic E-state index is 13.2.